The van der Waals surface area contributed by atoms with Crippen molar-refractivity contribution in [2.45, 2.75) is 39.5 Å². The number of hydrogen-bond acceptors (Lipinski definition) is 4. The van der Waals surface area contributed by atoms with Crippen LogP contribution in [0, 0.1) is 0 Å². The number of fused-ring (bicyclic) bond motifs is 1. The van der Waals surface area contributed by atoms with Crippen molar-refractivity contribution in [2.75, 3.05) is 6.61 Å². The lowest BCUT2D eigenvalue weighted by atomic mass is 10.1. The fraction of sp³-hybridized carbons (Fsp3) is 0.350. The van der Waals surface area contributed by atoms with E-state index in [9.17, 15) is 4.79 Å². The summed E-state index contributed by atoms with van der Waals surface area (Å²) < 4.78 is 11.6. The van der Waals surface area contributed by atoms with Gasteiger partial charge in [-0.3, -0.25) is 4.79 Å². The highest BCUT2D eigenvalue weighted by Crippen LogP contribution is 2.35. The monoisotopic (exact) mass is 376 g/mol. The van der Waals surface area contributed by atoms with Crippen molar-refractivity contribution in [1.29, 1.82) is 0 Å². The van der Waals surface area contributed by atoms with Crippen LogP contribution in [0.2, 0.25) is 0 Å². The summed E-state index contributed by atoms with van der Waals surface area (Å²) in [5.74, 6) is 1.56. The van der Waals surface area contributed by atoms with Crippen molar-refractivity contribution in [1.82, 2.24) is 5.32 Å². The molecule has 0 saturated carbocycles. The first-order valence-electron chi connectivity index (χ1n) is 8.63. The van der Waals surface area contributed by atoms with Crippen LogP contribution in [0.1, 0.15) is 40.9 Å². The molecule has 1 atom stereocenters. The van der Waals surface area contributed by atoms with Crippen molar-refractivity contribution in [3.8, 4) is 11.5 Å². The van der Waals surface area contributed by atoms with Gasteiger partial charge in [0.05, 0.1) is 6.61 Å². The number of hydrogen-bond donors (Lipinski definition) is 2. The van der Waals surface area contributed by atoms with E-state index in [1.807, 2.05) is 38.1 Å². The zero-order chi connectivity index (χ0) is 17.8. The molecule has 1 aliphatic rings. The van der Waals surface area contributed by atoms with Crippen molar-refractivity contribution < 1.29 is 14.3 Å². The third-order valence-electron chi connectivity index (χ3n) is 4.27. The quantitative estimate of drug-likeness (QED) is 0.811. The molecule has 0 aliphatic carbocycles. The molecule has 2 aromatic rings. The van der Waals surface area contributed by atoms with E-state index in [1.54, 1.807) is 12.1 Å². The Morgan fingerprint density at radius 1 is 1.31 bits per heavy atom. The van der Waals surface area contributed by atoms with Gasteiger partial charge in [0, 0.05) is 36.2 Å². The molecule has 0 spiro atoms. The predicted octanol–water partition coefficient (Wildman–Crippen LogP) is 3.22. The van der Waals surface area contributed by atoms with Crippen LogP contribution in [0.15, 0.2) is 36.4 Å². The van der Waals surface area contributed by atoms with Gasteiger partial charge in [0.25, 0.3) is 5.91 Å². The molecule has 3 N–H and O–H groups in total. The second-order valence-electron chi connectivity index (χ2n) is 6.22. The highest BCUT2D eigenvalue weighted by Gasteiger charge is 2.22. The first-order valence-corrected chi connectivity index (χ1v) is 8.63. The Morgan fingerprint density at radius 2 is 2.04 bits per heavy atom. The van der Waals surface area contributed by atoms with E-state index in [0.717, 1.165) is 34.6 Å². The Kier molecular flexibility index (Phi) is 6.89. The highest BCUT2D eigenvalue weighted by molar-refractivity contribution is 5.94. The van der Waals surface area contributed by atoms with E-state index < -0.39 is 0 Å². The summed E-state index contributed by atoms with van der Waals surface area (Å²) in [5.41, 5.74) is 9.27. The molecule has 1 heterocycles. The number of carbonyl (C=O) groups is 1. The fourth-order valence-electron chi connectivity index (χ4n) is 2.98. The van der Waals surface area contributed by atoms with Crippen LogP contribution in [0.25, 0.3) is 0 Å². The molecule has 0 fully saturated rings. The summed E-state index contributed by atoms with van der Waals surface area (Å²) in [4.78, 5) is 12.4. The summed E-state index contributed by atoms with van der Waals surface area (Å²) in [6.07, 6.45) is 1.06. The number of benzene rings is 2. The average molecular weight is 377 g/mol. The van der Waals surface area contributed by atoms with Gasteiger partial charge in [0.2, 0.25) is 0 Å². The fourth-order valence-corrected chi connectivity index (χ4v) is 2.98. The predicted molar refractivity (Wildman–Crippen MR) is 104 cm³/mol. The normalized spacial score (nSPS) is 14.8. The average Bonchev–Trinajstić information content (AvgIpc) is 2.98. The largest absolute Gasteiger partial charge is 0.494 e. The summed E-state index contributed by atoms with van der Waals surface area (Å²) in [7, 11) is 0. The van der Waals surface area contributed by atoms with E-state index >= 15 is 0 Å². The second kappa shape index (κ2) is 8.92. The number of nitrogens with two attached hydrogens (primary N) is 1. The summed E-state index contributed by atoms with van der Waals surface area (Å²) in [6.45, 7) is 5.43. The molecule has 26 heavy (non-hydrogen) atoms. The molecule has 6 heteroatoms. The summed E-state index contributed by atoms with van der Waals surface area (Å²) in [5, 5.41) is 2.95. The molecule has 0 radical (unpaired) electrons. The first-order chi connectivity index (χ1) is 12.1. The van der Waals surface area contributed by atoms with Gasteiger partial charge in [-0.25, -0.2) is 0 Å². The molecular formula is C20H25ClN2O3. The number of amides is 1. The van der Waals surface area contributed by atoms with E-state index in [1.165, 1.54) is 0 Å². The van der Waals surface area contributed by atoms with Crippen LogP contribution in [-0.4, -0.2) is 18.6 Å². The Hall–Kier alpha value is -2.24. The van der Waals surface area contributed by atoms with Gasteiger partial charge >= 0.3 is 0 Å². The highest BCUT2D eigenvalue weighted by atomic mass is 35.5. The van der Waals surface area contributed by atoms with Crippen LogP contribution in [-0.2, 0) is 19.5 Å². The smallest absolute Gasteiger partial charge is 0.251 e. The van der Waals surface area contributed by atoms with E-state index in [-0.39, 0.29) is 24.4 Å². The van der Waals surface area contributed by atoms with Crippen LogP contribution in [0.4, 0.5) is 0 Å². The summed E-state index contributed by atoms with van der Waals surface area (Å²) in [6, 6.07) is 11.3. The third kappa shape index (κ3) is 4.48. The van der Waals surface area contributed by atoms with Gasteiger partial charge in [0.1, 0.15) is 17.6 Å². The molecule has 3 rings (SSSR count). The van der Waals surface area contributed by atoms with Crippen molar-refractivity contribution >= 4 is 18.3 Å². The topological polar surface area (TPSA) is 73.6 Å². The Morgan fingerprint density at radius 3 is 2.69 bits per heavy atom. The number of ether oxygens (including phenoxy) is 2. The lowest BCUT2D eigenvalue weighted by Gasteiger charge is -2.13. The molecule has 0 aromatic heterocycles. The van der Waals surface area contributed by atoms with Gasteiger partial charge in [-0.2, -0.15) is 0 Å². The first kappa shape index (κ1) is 20.1. The van der Waals surface area contributed by atoms with Crippen LogP contribution < -0.4 is 20.5 Å². The lowest BCUT2D eigenvalue weighted by molar-refractivity contribution is 0.0950. The van der Waals surface area contributed by atoms with Gasteiger partial charge in [-0.05, 0) is 43.7 Å². The Balaban J connectivity index is 0.00000243. The van der Waals surface area contributed by atoms with Gasteiger partial charge in [0.15, 0.2) is 0 Å². The van der Waals surface area contributed by atoms with Gasteiger partial charge in [-0.1, -0.05) is 12.1 Å². The molecule has 2 aromatic carbocycles. The third-order valence-corrected chi connectivity index (χ3v) is 4.27. The number of halogens is 1. The maximum Gasteiger partial charge on any atom is 0.251 e. The standard InChI is InChI=1S/C20H24N2O3.ClH/c1-3-24-18-9-16-8-13(2)25-19(16)10-17(18)12-22-20(23)15-6-4-14(11-21)5-7-15;/h4-7,9-10,13H,3,8,11-12,21H2,1-2H3,(H,22,23);1H. The molecule has 5 nitrogen and oxygen atoms in total. The molecule has 0 saturated heterocycles. The van der Waals surface area contributed by atoms with Crippen molar-refractivity contribution in [3.05, 3.63) is 58.7 Å². The molecule has 140 valence electrons. The zero-order valence-electron chi connectivity index (χ0n) is 15.1. The molecule has 1 unspecified atom stereocenters. The Bertz CT molecular complexity index is 762. The van der Waals surface area contributed by atoms with Crippen LogP contribution in [0.3, 0.4) is 0 Å². The molecule has 1 amide bonds. The maximum atomic E-state index is 12.4. The second-order valence-corrected chi connectivity index (χ2v) is 6.22. The molecule has 1 aliphatic heterocycles. The SMILES string of the molecule is CCOc1cc2c(cc1CNC(=O)c1ccc(CN)cc1)OC(C)C2.Cl. The van der Waals surface area contributed by atoms with Gasteiger partial charge < -0.3 is 20.5 Å². The van der Waals surface area contributed by atoms with E-state index in [2.05, 4.69) is 5.32 Å². The van der Waals surface area contributed by atoms with Crippen molar-refractivity contribution in [2.24, 2.45) is 5.73 Å². The maximum absolute atomic E-state index is 12.4. The number of rotatable bonds is 6. The molecular weight excluding hydrogens is 352 g/mol. The van der Waals surface area contributed by atoms with Gasteiger partial charge in [-0.15, -0.1) is 12.4 Å². The van der Waals surface area contributed by atoms with E-state index in [4.69, 9.17) is 15.2 Å². The minimum absolute atomic E-state index is 0. The summed E-state index contributed by atoms with van der Waals surface area (Å²) >= 11 is 0. The lowest BCUT2D eigenvalue weighted by Crippen LogP contribution is -2.23. The number of nitrogens with one attached hydrogen (secondary N) is 1. The minimum Gasteiger partial charge on any atom is -0.494 e. The zero-order valence-corrected chi connectivity index (χ0v) is 15.9. The Labute approximate surface area is 160 Å². The minimum atomic E-state index is -0.124. The van der Waals surface area contributed by atoms with Crippen LogP contribution in [0.5, 0.6) is 11.5 Å². The van der Waals surface area contributed by atoms with E-state index in [0.29, 0.717) is 25.3 Å². The van der Waals surface area contributed by atoms with Crippen LogP contribution >= 0.6 is 12.4 Å². The molecule has 0 bridgehead atoms. The number of carbonyl (C=O) groups excluding carboxylic acids is 1. The van der Waals surface area contributed by atoms with Crippen molar-refractivity contribution in [3.63, 3.8) is 0 Å².